The molecule has 1 amide bonds. The molecule has 1 aromatic carbocycles. The van der Waals surface area contributed by atoms with Gasteiger partial charge in [-0.3, -0.25) is 9.69 Å². The highest BCUT2D eigenvalue weighted by Gasteiger charge is 2.20. The minimum Gasteiger partial charge on any atom is -0.330 e. The minimum absolute atomic E-state index is 0.0734. The Kier molecular flexibility index (Phi) is 6.25. The van der Waals surface area contributed by atoms with Crippen molar-refractivity contribution < 1.29 is 4.79 Å². The van der Waals surface area contributed by atoms with Crippen LogP contribution in [0.2, 0.25) is 0 Å². The number of nitrogens with zero attached hydrogens (tertiary/aromatic N) is 1. The third-order valence-electron chi connectivity index (χ3n) is 3.76. The summed E-state index contributed by atoms with van der Waals surface area (Å²) in [4.78, 5) is 14.3. The number of likely N-dealkylation sites (tertiary alicyclic amines) is 1. The minimum atomic E-state index is 0.0734. The van der Waals surface area contributed by atoms with E-state index in [0.29, 0.717) is 6.54 Å². The normalized spacial score (nSPS) is 17.1. The number of anilines is 1. The third-order valence-corrected chi connectivity index (χ3v) is 4.43. The van der Waals surface area contributed by atoms with Crippen LogP contribution in [-0.2, 0) is 4.79 Å². The lowest BCUT2D eigenvalue weighted by Crippen LogP contribution is -2.39. The molecule has 1 saturated heterocycles. The fourth-order valence-corrected chi connectivity index (χ4v) is 3.18. The maximum Gasteiger partial charge on any atom is 0.238 e. The lowest BCUT2D eigenvalue weighted by molar-refractivity contribution is -0.117. The fraction of sp³-hybridized carbons (Fsp3) is 0.533. The van der Waals surface area contributed by atoms with Crippen molar-refractivity contribution in [2.24, 2.45) is 11.7 Å². The molecular weight excluding hydrogens is 365 g/mol. The molecule has 0 atom stereocenters. The van der Waals surface area contributed by atoms with Crippen LogP contribution in [0.15, 0.2) is 24.3 Å². The lowest BCUT2D eigenvalue weighted by atomic mass is 9.94. The van der Waals surface area contributed by atoms with E-state index in [9.17, 15) is 4.79 Å². The average Bonchev–Trinajstić information content (AvgIpc) is 2.41. The van der Waals surface area contributed by atoms with Gasteiger partial charge in [-0.15, -0.1) is 0 Å². The number of carbonyl (C=O) groups is 1. The predicted octanol–water partition coefficient (Wildman–Crippen LogP) is 2.29. The molecule has 3 N–H and O–H groups in total. The van der Waals surface area contributed by atoms with Crippen molar-refractivity contribution in [1.29, 1.82) is 0 Å². The van der Waals surface area contributed by atoms with Crippen molar-refractivity contribution in [1.82, 2.24) is 4.90 Å². The van der Waals surface area contributed by atoms with E-state index >= 15 is 0 Å². The van der Waals surface area contributed by atoms with Gasteiger partial charge >= 0.3 is 0 Å². The highest BCUT2D eigenvalue weighted by Crippen LogP contribution is 2.19. The molecule has 1 heterocycles. The van der Waals surface area contributed by atoms with E-state index in [1.165, 1.54) is 0 Å². The number of nitrogens with two attached hydrogens (primary N) is 1. The second-order valence-electron chi connectivity index (χ2n) is 5.36. The zero-order chi connectivity index (χ0) is 14.4. The molecule has 0 spiro atoms. The molecule has 1 aromatic rings. The van der Waals surface area contributed by atoms with Crippen LogP contribution in [0.4, 0.5) is 5.69 Å². The first-order chi connectivity index (χ1) is 9.67. The van der Waals surface area contributed by atoms with Gasteiger partial charge in [-0.25, -0.2) is 0 Å². The summed E-state index contributed by atoms with van der Waals surface area (Å²) in [6.07, 6.45) is 3.43. The van der Waals surface area contributed by atoms with E-state index in [4.69, 9.17) is 5.73 Å². The summed E-state index contributed by atoms with van der Waals surface area (Å²) in [6, 6.07) is 7.87. The largest absolute Gasteiger partial charge is 0.330 e. The summed E-state index contributed by atoms with van der Waals surface area (Å²) in [5.41, 5.74) is 6.47. The summed E-state index contributed by atoms with van der Waals surface area (Å²) < 4.78 is 1.13. The second-order valence-corrected chi connectivity index (χ2v) is 6.60. The highest BCUT2D eigenvalue weighted by atomic mass is 127. The standard InChI is InChI=1S/C15H22IN3O/c16-13-2-1-3-14(10-13)18-15(20)11-19-8-5-12(4-7-17)6-9-19/h1-3,10,12H,4-9,11,17H2,(H,18,20). The Hall–Kier alpha value is -0.660. The lowest BCUT2D eigenvalue weighted by Gasteiger charge is -2.31. The van der Waals surface area contributed by atoms with Crippen LogP contribution in [0.25, 0.3) is 0 Å². The van der Waals surface area contributed by atoms with Crippen molar-refractivity contribution in [3.8, 4) is 0 Å². The predicted molar refractivity (Wildman–Crippen MR) is 90.6 cm³/mol. The van der Waals surface area contributed by atoms with Gasteiger partial charge in [0.1, 0.15) is 0 Å². The molecule has 0 aromatic heterocycles. The number of hydrogen-bond donors (Lipinski definition) is 2. The van der Waals surface area contributed by atoms with E-state index in [1.807, 2.05) is 24.3 Å². The van der Waals surface area contributed by atoms with Crippen LogP contribution in [-0.4, -0.2) is 37.0 Å². The summed E-state index contributed by atoms with van der Waals surface area (Å²) in [5.74, 6) is 0.819. The molecule has 1 aliphatic heterocycles. The number of benzene rings is 1. The molecule has 1 aliphatic rings. The van der Waals surface area contributed by atoms with Gasteiger partial charge in [0.15, 0.2) is 0 Å². The molecule has 0 saturated carbocycles. The zero-order valence-electron chi connectivity index (χ0n) is 11.6. The molecule has 110 valence electrons. The van der Waals surface area contributed by atoms with Gasteiger partial charge in [0.2, 0.25) is 5.91 Å². The summed E-state index contributed by atoms with van der Waals surface area (Å²) in [6.45, 7) is 3.27. The zero-order valence-corrected chi connectivity index (χ0v) is 13.8. The van der Waals surface area contributed by atoms with Gasteiger partial charge < -0.3 is 11.1 Å². The average molecular weight is 387 g/mol. The quantitative estimate of drug-likeness (QED) is 0.763. The summed E-state index contributed by atoms with van der Waals surface area (Å²) in [5, 5.41) is 2.96. The van der Waals surface area contributed by atoms with Crippen molar-refractivity contribution >= 4 is 34.2 Å². The number of carbonyl (C=O) groups excluding carboxylic acids is 1. The molecule has 0 radical (unpaired) electrons. The smallest absolute Gasteiger partial charge is 0.238 e. The van der Waals surface area contributed by atoms with Gasteiger partial charge in [0.25, 0.3) is 0 Å². The van der Waals surface area contributed by atoms with Gasteiger partial charge in [-0.1, -0.05) is 6.07 Å². The van der Waals surface area contributed by atoms with Crippen molar-refractivity contribution in [3.05, 3.63) is 27.8 Å². The van der Waals surface area contributed by atoms with Crippen LogP contribution < -0.4 is 11.1 Å². The first-order valence-corrected chi connectivity index (χ1v) is 8.23. The number of halogens is 1. The molecule has 2 rings (SSSR count). The Morgan fingerprint density at radius 1 is 1.40 bits per heavy atom. The number of hydrogen-bond acceptors (Lipinski definition) is 3. The van der Waals surface area contributed by atoms with Gasteiger partial charge in [0, 0.05) is 9.26 Å². The van der Waals surface area contributed by atoms with Crippen molar-refractivity contribution in [2.45, 2.75) is 19.3 Å². The number of amides is 1. The Morgan fingerprint density at radius 2 is 2.15 bits per heavy atom. The molecule has 0 unspecified atom stereocenters. The first kappa shape index (κ1) is 15.7. The van der Waals surface area contributed by atoms with Crippen LogP contribution >= 0.6 is 22.6 Å². The monoisotopic (exact) mass is 387 g/mol. The SMILES string of the molecule is NCCC1CCN(CC(=O)Nc2cccc(I)c2)CC1. The molecule has 1 fully saturated rings. The maximum atomic E-state index is 12.0. The van der Waals surface area contributed by atoms with E-state index in [-0.39, 0.29) is 5.91 Å². The van der Waals surface area contributed by atoms with E-state index in [2.05, 4.69) is 32.8 Å². The van der Waals surface area contributed by atoms with Gasteiger partial charge in [-0.2, -0.15) is 0 Å². The Morgan fingerprint density at radius 3 is 2.80 bits per heavy atom. The third kappa shape index (κ3) is 5.03. The fourth-order valence-electron chi connectivity index (χ4n) is 2.64. The van der Waals surface area contributed by atoms with Gasteiger partial charge in [0.05, 0.1) is 6.54 Å². The topological polar surface area (TPSA) is 58.4 Å². The van der Waals surface area contributed by atoms with Crippen molar-refractivity contribution in [2.75, 3.05) is 31.5 Å². The molecule has 4 nitrogen and oxygen atoms in total. The molecule has 0 bridgehead atoms. The Bertz CT molecular complexity index is 444. The Balaban J connectivity index is 1.75. The number of piperidine rings is 1. The molecule has 20 heavy (non-hydrogen) atoms. The van der Waals surface area contributed by atoms with Crippen LogP contribution in [0, 0.1) is 9.49 Å². The summed E-state index contributed by atoms with van der Waals surface area (Å²) >= 11 is 2.25. The first-order valence-electron chi connectivity index (χ1n) is 7.15. The molecule has 5 heteroatoms. The van der Waals surface area contributed by atoms with E-state index < -0.39 is 0 Å². The van der Waals surface area contributed by atoms with Crippen LogP contribution in [0.1, 0.15) is 19.3 Å². The summed E-state index contributed by atoms with van der Waals surface area (Å²) in [7, 11) is 0. The second kappa shape index (κ2) is 7.95. The van der Waals surface area contributed by atoms with E-state index in [0.717, 1.165) is 54.1 Å². The van der Waals surface area contributed by atoms with E-state index in [1.54, 1.807) is 0 Å². The molecular formula is C15H22IN3O. The van der Waals surface area contributed by atoms with Crippen LogP contribution in [0.5, 0.6) is 0 Å². The number of nitrogens with one attached hydrogen (secondary N) is 1. The van der Waals surface area contributed by atoms with Crippen molar-refractivity contribution in [3.63, 3.8) is 0 Å². The number of rotatable bonds is 5. The Labute approximate surface area is 134 Å². The van der Waals surface area contributed by atoms with Gasteiger partial charge in [-0.05, 0) is 85.6 Å². The maximum absolute atomic E-state index is 12.0. The highest BCUT2D eigenvalue weighted by molar-refractivity contribution is 14.1. The molecule has 0 aliphatic carbocycles. The van der Waals surface area contributed by atoms with Crippen LogP contribution in [0.3, 0.4) is 0 Å².